The van der Waals surface area contributed by atoms with Crippen LogP contribution in [-0.2, 0) is 17.7 Å². The highest BCUT2D eigenvalue weighted by atomic mass is 16.5. The molecule has 0 bridgehead atoms. The molecule has 1 atom stereocenters. The van der Waals surface area contributed by atoms with Crippen molar-refractivity contribution in [2.24, 2.45) is 5.92 Å². The van der Waals surface area contributed by atoms with Crippen LogP contribution in [0.2, 0.25) is 0 Å². The third kappa shape index (κ3) is 4.78. The van der Waals surface area contributed by atoms with E-state index in [2.05, 4.69) is 36.2 Å². The highest BCUT2D eigenvalue weighted by molar-refractivity contribution is 4.92. The van der Waals surface area contributed by atoms with Crippen molar-refractivity contribution >= 4 is 0 Å². The maximum atomic E-state index is 5.67. The second kappa shape index (κ2) is 8.49. The molecular formula is C16H30N4O. The Balaban J connectivity index is 1.83. The van der Waals surface area contributed by atoms with E-state index in [0.29, 0.717) is 12.1 Å². The number of aryl methyl sites for hydroxylation is 1. The van der Waals surface area contributed by atoms with Crippen LogP contribution in [-0.4, -0.2) is 40.1 Å². The molecule has 1 saturated carbocycles. The molecule has 1 aliphatic carbocycles. The van der Waals surface area contributed by atoms with Crippen LogP contribution < -0.4 is 5.32 Å². The zero-order valence-corrected chi connectivity index (χ0v) is 13.7. The van der Waals surface area contributed by atoms with E-state index in [9.17, 15) is 0 Å². The fourth-order valence-electron chi connectivity index (χ4n) is 3.16. The molecule has 5 heteroatoms. The van der Waals surface area contributed by atoms with Crippen molar-refractivity contribution in [3.05, 3.63) is 12.2 Å². The third-order valence-electron chi connectivity index (χ3n) is 4.32. The molecule has 1 heterocycles. The number of rotatable bonds is 10. The molecule has 0 radical (unpaired) electrons. The fourth-order valence-corrected chi connectivity index (χ4v) is 3.16. The first-order valence-corrected chi connectivity index (χ1v) is 8.48. The largest absolute Gasteiger partial charge is 0.378 e. The van der Waals surface area contributed by atoms with Crippen LogP contribution in [0.4, 0.5) is 0 Å². The Bertz CT molecular complexity index is 401. The van der Waals surface area contributed by atoms with Crippen molar-refractivity contribution in [3.8, 4) is 0 Å². The average Bonchev–Trinajstić information content (AvgIpc) is 2.89. The first-order valence-electron chi connectivity index (χ1n) is 8.48. The van der Waals surface area contributed by atoms with Crippen molar-refractivity contribution in [1.29, 1.82) is 0 Å². The Morgan fingerprint density at radius 1 is 1.38 bits per heavy atom. The van der Waals surface area contributed by atoms with Crippen molar-refractivity contribution in [1.82, 2.24) is 20.1 Å². The first kappa shape index (κ1) is 16.4. The number of nitrogens with zero attached hydrogens (tertiary/aromatic N) is 3. The molecule has 1 aliphatic rings. The third-order valence-corrected chi connectivity index (χ3v) is 4.32. The minimum atomic E-state index is 0.506. The fraction of sp³-hybridized carbons (Fsp3) is 0.875. The molecule has 0 aromatic carbocycles. The smallest absolute Gasteiger partial charge is 0.138 e. The second-order valence-corrected chi connectivity index (χ2v) is 6.00. The quantitative estimate of drug-likeness (QED) is 0.720. The SMILES string of the molecule is CCCNC(Cc1ncnn1CC)CC1CC(OCC)C1. The molecule has 1 aromatic heterocycles. The Morgan fingerprint density at radius 2 is 2.19 bits per heavy atom. The summed E-state index contributed by atoms with van der Waals surface area (Å²) in [7, 11) is 0. The van der Waals surface area contributed by atoms with Crippen molar-refractivity contribution in [3.63, 3.8) is 0 Å². The lowest BCUT2D eigenvalue weighted by atomic mass is 9.77. The first-order chi connectivity index (χ1) is 10.3. The number of aromatic nitrogens is 3. The Labute approximate surface area is 128 Å². The Hall–Kier alpha value is -0.940. The van der Waals surface area contributed by atoms with Gasteiger partial charge in [0.05, 0.1) is 6.10 Å². The van der Waals surface area contributed by atoms with Gasteiger partial charge in [-0.05, 0) is 52.0 Å². The van der Waals surface area contributed by atoms with Gasteiger partial charge in [0.1, 0.15) is 12.2 Å². The number of hydrogen-bond donors (Lipinski definition) is 1. The summed E-state index contributed by atoms with van der Waals surface area (Å²) in [5.74, 6) is 1.90. The maximum Gasteiger partial charge on any atom is 0.138 e. The topological polar surface area (TPSA) is 52.0 Å². The second-order valence-electron chi connectivity index (χ2n) is 6.00. The number of ether oxygens (including phenoxy) is 1. The minimum Gasteiger partial charge on any atom is -0.378 e. The monoisotopic (exact) mass is 294 g/mol. The molecule has 0 aliphatic heterocycles. The van der Waals surface area contributed by atoms with Crippen LogP contribution >= 0.6 is 0 Å². The summed E-state index contributed by atoms with van der Waals surface area (Å²) in [6.45, 7) is 9.22. The predicted molar refractivity (Wildman–Crippen MR) is 84.2 cm³/mol. The summed E-state index contributed by atoms with van der Waals surface area (Å²) in [5, 5.41) is 7.96. The van der Waals surface area contributed by atoms with Gasteiger partial charge in [-0.15, -0.1) is 0 Å². The molecule has 5 nitrogen and oxygen atoms in total. The lowest BCUT2D eigenvalue weighted by Gasteiger charge is -2.37. The standard InChI is InChI=1S/C16H30N4O/c1-4-7-17-14(8-13-9-15(10-13)21-6-3)11-16-18-12-19-20(16)5-2/h12-15,17H,4-11H2,1-3H3. The predicted octanol–water partition coefficient (Wildman–Crippen LogP) is 2.41. The lowest BCUT2D eigenvalue weighted by molar-refractivity contribution is -0.0290. The van der Waals surface area contributed by atoms with Crippen LogP contribution in [0.15, 0.2) is 6.33 Å². The van der Waals surface area contributed by atoms with E-state index in [1.165, 1.54) is 25.7 Å². The summed E-state index contributed by atoms with van der Waals surface area (Å²) in [6.07, 6.45) is 7.99. The van der Waals surface area contributed by atoms with E-state index >= 15 is 0 Å². The highest BCUT2D eigenvalue weighted by Crippen LogP contribution is 2.34. The van der Waals surface area contributed by atoms with Crippen LogP contribution in [0.5, 0.6) is 0 Å². The van der Waals surface area contributed by atoms with E-state index in [-0.39, 0.29) is 0 Å². The number of hydrogen-bond acceptors (Lipinski definition) is 4. The van der Waals surface area contributed by atoms with Crippen molar-refractivity contribution < 1.29 is 4.74 Å². The molecule has 2 rings (SSSR count). The highest BCUT2D eigenvalue weighted by Gasteiger charge is 2.31. The van der Waals surface area contributed by atoms with Crippen molar-refractivity contribution in [2.75, 3.05) is 13.2 Å². The molecule has 21 heavy (non-hydrogen) atoms. The molecular weight excluding hydrogens is 264 g/mol. The minimum absolute atomic E-state index is 0.506. The lowest BCUT2D eigenvalue weighted by Crippen LogP contribution is -2.40. The van der Waals surface area contributed by atoms with E-state index < -0.39 is 0 Å². The average molecular weight is 294 g/mol. The van der Waals surface area contributed by atoms with Gasteiger partial charge in [0, 0.05) is 25.6 Å². The van der Waals surface area contributed by atoms with Gasteiger partial charge in [-0.2, -0.15) is 5.10 Å². The van der Waals surface area contributed by atoms with Gasteiger partial charge in [0.2, 0.25) is 0 Å². The van der Waals surface area contributed by atoms with Crippen molar-refractivity contribution in [2.45, 2.75) is 71.6 Å². The Kier molecular flexibility index (Phi) is 6.64. The van der Waals surface area contributed by atoms with Gasteiger partial charge in [0.15, 0.2) is 0 Å². The van der Waals surface area contributed by atoms with Crippen LogP contribution in [0.25, 0.3) is 0 Å². The maximum absolute atomic E-state index is 5.67. The van der Waals surface area contributed by atoms with Crippen LogP contribution in [0, 0.1) is 5.92 Å². The van der Waals surface area contributed by atoms with Gasteiger partial charge in [0.25, 0.3) is 0 Å². The molecule has 1 aromatic rings. The molecule has 120 valence electrons. The van der Waals surface area contributed by atoms with Gasteiger partial charge >= 0.3 is 0 Å². The van der Waals surface area contributed by atoms with Crippen LogP contribution in [0.3, 0.4) is 0 Å². The van der Waals surface area contributed by atoms with E-state index in [4.69, 9.17) is 4.74 Å². The number of nitrogens with one attached hydrogen (secondary N) is 1. The molecule has 1 fully saturated rings. The molecule has 0 amide bonds. The zero-order valence-electron chi connectivity index (χ0n) is 13.7. The summed E-state index contributed by atoms with van der Waals surface area (Å²) in [5.41, 5.74) is 0. The Morgan fingerprint density at radius 3 is 2.86 bits per heavy atom. The normalized spacial score (nSPS) is 23.0. The van der Waals surface area contributed by atoms with Gasteiger partial charge in [-0.3, -0.25) is 4.68 Å². The van der Waals surface area contributed by atoms with Crippen LogP contribution in [0.1, 0.15) is 52.3 Å². The molecule has 0 spiro atoms. The summed E-state index contributed by atoms with van der Waals surface area (Å²) in [6, 6.07) is 0.507. The van der Waals surface area contributed by atoms with Gasteiger partial charge < -0.3 is 10.1 Å². The van der Waals surface area contributed by atoms with E-state index in [1.807, 2.05) is 4.68 Å². The van der Waals surface area contributed by atoms with E-state index in [0.717, 1.165) is 37.9 Å². The van der Waals surface area contributed by atoms with Gasteiger partial charge in [-0.25, -0.2) is 4.98 Å². The molecule has 0 saturated heterocycles. The van der Waals surface area contributed by atoms with E-state index in [1.54, 1.807) is 6.33 Å². The zero-order chi connectivity index (χ0) is 15.1. The summed E-state index contributed by atoms with van der Waals surface area (Å²) in [4.78, 5) is 4.42. The summed E-state index contributed by atoms with van der Waals surface area (Å²) >= 11 is 0. The molecule has 1 N–H and O–H groups in total. The molecule has 1 unspecified atom stereocenters. The summed E-state index contributed by atoms with van der Waals surface area (Å²) < 4.78 is 7.67. The van der Waals surface area contributed by atoms with Gasteiger partial charge in [-0.1, -0.05) is 6.92 Å².